The number of fused-ring (bicyclic) bond motifs is 1. The summed E-state index contributed by atoms with van der Waals surface area (Å²) in [5.74, 6) is -0.703. The van der Waals surface area contributed by atoms with E-state index >= 15 is 0 Å². The standard InChI is InChI=1S/C26H32F2N6O5/c1-6-37-24(35)19-13-31-34-8-7-21(32-22(19)34)33-14-17(28)10-20(33)18-9-16(27)12-29-23(18)38-15(2)11-30-25(36)39-26(3,4)5/h7-9,12-13,15,17,20H,6,10-11,14H2,1-5H3,(H,30,36)/t15-,17-,20+/m0/s1. The Bertz CT molecular complexity index is 1340. The number of hydrogen-bond acceptors (Lipinski definition) is 9. The summed E-state index contributed by atoms with van der Waals surface area (Å²) in [6.07, 6.45) is 1.64. The molecule has 4 rings (SSSR count). The van der Waals surface area contributed by atoms with Crippen LogP contribution in [-0.2, 0) is 9.47 Å². The molecule has 1 saturated heterocycles. The van der Waals surface area contributed by atoms with E-state index in [0.717, 1.165) is 6.20 Å². The molecule has 13 heteroatoms. The summed E-state index contributed by atoms with van der Waals surface area (Å²) in [5.41, 5.74) is 0.108. The van der Waals surface area contributed by atoms with Gasteiger partial charge in [0.05, 0.1) is 38.1 Å². The molecule has 1 aliphatic rings. The van der Waals surface area contributed by atoms with Crippen molar-refractivity contribution in [2.24, 2.45) is 0 Å². The molecule has 0 aromatic carbocycles. The zero-order valence-corrected chi connectivity index (χ0v) is 22.5. The maximum absolute atomic E-state index is 14.8. The number of carbonyl (C=O) groups excluding carboxylic acids is 2. The summed E-state index contributed by atoms with van der Waals surface area (Å²) in [5, 5.41) is 6.76. The van der Waals surface area contributed by atoms with Gasteiger partial charge in [-0.2, -0.15) is 5.10 Å². The fourth-order valence-corrected chi connectivity index (χ4v) is 4.26. The van der Waals surface area contributed by atoms with Crippen molar-refractivity contribution in [2.75, 3.05) is 24.6 Å². The molecule has 0 bridgehead atoms. The number of aromatic nitrogens is 4. The molecule has 39 heavy (non-hydrogen) atoms. The molecule has 11 nitrogen and oxygen atoms in total. The van der Waals surface area contributed by atoms with Crippen LogP contribution >= 0.6 is 0 Å². The number of carbonyl (C=O) groups is 2. The Balaban J connectivity index is 1.59. The van der Waals surface area contributed by atoms with Crippen LogP contribution in [0.5, 0.6) is 5.88 Å². The van der Waals surface area contributed by atoms with Crippen molar-refractivity contribution in [3.63, 3.8) is 0 Å². The van der Waals surface area contributed by atoms with E-state index in [1.54, 1.807) is 51.8 Å². The number of anilines is 1. The average molecular weight is 547 g/mol. The summed E-state index contributed by atoms with van der Waals surface area (Å²) >= 11 is 0. The highest BCUT2D eigenvalue weighted by molar-refractivity contribution is 5.95. The molecule has 0 aliphatic carbocycles. The minimum absolute atomic E-state index is 0.0115. The van der Waals surface area contributed by atoms with E-state index in [1.165, 1.54) is 16.8 Å². The Labute approximate surface area is 224 Å². The third-order valence-electron chi connectivity index (χ3n) is 5.84. The van der Waals surface area contributed by atoms with Crippen LogP contribution in [0.1, 0.15) is 63.0 Å². The molecule has 4 heterocycles. The molecule has 1 amide bonds. The molecule has 3 aromatic rings. The smallest absolute Gasteiger partial charge is 0.407 e. The van der Waals surface area contributed by atoms with Crippen molar-refractivity contribution < 1.29 is 32.6 Å². The normalized spacial score (nSPS) is 18.2. The van der Waals surface area contributed by atoms with Crippen LogP contribution in [0.4, 0.5) is 19.4 Å². The minimum atomic E-state index is -1.23. The number of halogens is 2. The number of esters is 1. The molecule has 0 unspecified atom stereocenters. The summed E-state index contributed by atoms with van der Waals surface area (Å²) in [6, 6.07) is 2.24. The lowest BCUT2D eigenvalue weighted by Crippen LogP contribution is -2.38. The topological polar surface area (TPSA) is 120 Å². The quantitative estimate of drug-likeness (QED) is 0.418. The van der Waals surface area contributed by atoms with E-state index in [2.05, 4.69) is 20.4 Å². The van der Waals surface area contributed by atoms with Gasteiger partial charge in [-0.1, -0.05) is 0 Å². The van der Waals surface area contributed by atoms with Crippen LogP contribution in [0, 0.1) is 5.82 Å². The van der Waals surface area contributed by atoms with Gasteiger partial charge in [-0.05, 0) is 46.8 Å². The van der Waals surface area contributed by atoms with Crippen molar-refractivity contribution >= 4 is 23.5 Å². The summed E-state index contributed by atoms with van der Waals surface area (Å²) in [4.78, 5) is 34.7. The number of ether oxygens (including phenoxy) is 3. The number of alkyl carbamates (subject to hydrolysis) is 1. The zero-order valence-electron chi connectivity index (χ0n) is 22.5. The number of rotatable bonds is 8. The van der Waals surface area contributed by atoms with Crippen molar-refractivity contribution in [2.45, 2.75) is 65.0 Å². The zero-order chi connectivity index (χ0) is 28.3. The van der Waals surface area contributed by atoms with Crippen LogP contribution in [-0.4, -0.2) is 69.2 Å². The summed E-state index contributed by atoms with van der Waals surface area (Å²) in [6.45, 7) is 8.95. The first-order valence-electron chi connectivity index (χ1n) is 12.7. The maximum Gasteiger partial charge on any atom is 0.407 e. The second-order valence-corrected chi connectivity index (χ2v) is 10.2. The van der Waals surface area contributed by atoms with Gasteiger partial charge in [-0.15, -0.1) is 0 Å². The van der Waals surface area contributed by atoms with Crippen LogP contribution in [0.3, 0.4) is 0 Å². The fourth-order valence-electron chi connectivity index (χ4n) is 4.26. The molecule has 0 saturated carbocycles. The third-order valence-corrected chi connectivity index (χ3v) is 5.84. The number of amides is 1. The van der Waals surface area contributed by atoms with Gasteiger partial charge in [0.25, 0.3) is 0 Å². The maximum atomic E-state index is 14.8. The Morgan fingerprint density at radius 2 is 2.05 bits per heavy atom. The number of nitrogens with one attached hydrogen (secondary N) is 1. The van der Waals surface area contributed by atoms with Gasteiger partial charge in [0, 0.05) is 18.2 Å². The van der Waals surface area contributed by atoms with Gasteiger partial charge >= 0.3 is 12.1 Å². The molecule has 3 atom stereocenters. The predicted molar refractivity (Wildman–Crippen MR) is 137 cm³/mol. The Morgan fingerprint density at radius 1 is 1.28 bits per heavy atom. The fraction of sp³-hybridized carbons (Fsp3) is 0.500. The van der Waals surface area contributed by atoms with E-state index in [4.69, 9.17) is 14.2 Å². The van der Waals surface area contributed by atoms with Gasteiger partial charge in [-0.25, -0.2) is 32.9 Å². The van der Waals surface area contributed by atoms with Gasteiger partial charge in [0.1, 0.15) is 35.1 Å². The first-order chi connectivity index (χ1) is 18.4. The molecular formula is C26H32F2N6O5. The number of pyridine rings is 1. The number of nitrogens with zero attached hydrogens (tertiary/aromatic N) is 5. The first-order valence-corrected chi connectivity index (χ1v) is 12.7. The van der Waals surface area contributed by atoms with E-state index in [0.29, 0.717) is 11.4 Å². The van der Waals surface area contributed by atoms with E-state index < -0.39 is 41.8 Å². The molecule has 210 valence electrons. The molecule has 0 radical (unpaired) electrons. The van der Waals surface area contributed by atoms with Crippen molar-refractivity contribution in [3.05, 3.63) is 47.7 Å². The van der Waals surface area contributed by atoms with Crippen LogP contribution < -0.4 is 15.0 Å². The highest BCUT2D eigenvalue weighted by Gasteiger charge is 2.37. The van der Waals surface area contributed by atoms with Crippen LogP contribution in [0.25, 0.3) is 5.65 Å². The lowest BCUT2D eigenvalue weighted by atomic mass is 10.1. The van der Waals surface area contributed by atoms with Gasteiger partial charge in [0.15, 0.2) is 5.65 Å². The van der Waals surface area contributed by atoms with Crippen molar-refractivity contribution in [3.8, 4) is 5.88 Å². The SMILES string of the molecule is CCOC(=O)c1cnn2ccc(N3C[C@@H](F)C[C@@H]3c3cc(F)cnc3O[C@@H](C)CNC(=O)OC(C)(C)C)nc12. The molecule has 1 aliphatic heterocycles. The number of hydrogen-bond donors (Lipinski definition) is 1. The molecule has 3 aromatic heterocycles. The Hall–Kier alpha value is -4.03. The molecule has 0 spiro atoms. The highest BCUT2D eigenvalue weighted by atomic mass is 19.1. The lowest BCUT2D eigenvalue weighted by Gasteiger charge is -2.27. The molecule has 1 N–H and O–H groups in total. The largest absolute Gasteiger partial charge is 0.473 e. The summed E-state index contributed by atoms with van der Waals surface area (Å²) < 4.78 is 46.9. The average Bonchev–Trinajstić information content (AvgIpc) is 3.46. The van der Waals surface area contributed by atoms with Crippen LogP contribution in [0.15, 0.2) is 30.7 Å². The van der Waals surface area contributed by atoms with E-state index in [-0.39, 0.29) is 43.2 Å². The third kappa shape index (κ3) is 6.70. The lowest BCUT2D eigenvalue weighted by molar-refractivity contribution is 0.0500. The molecule has 1 fully saturated rings. The summed E-state index contributed by atoms with van der Waals surface area (Å²) in [7, 11) is 0. The highest BCUT2D eigenvalue weighted by Crippen LogP contribution is 2.40. The number of alkyl halides is 1. The second-order valence-electron chi connectivity index (χ2n) is 10.2. The second kappa shape index (κ2) is 11.4. The monoisotopic (exact) mass is 546 g/mol. The van der Waals surface area contributed by atoms with Gasteiger partial charge in [0.2, 0.25) is 5.88 Å². The van der Waals surface area contributed by atoms with Crippen molar-refractivity contribution in [1.29, 1.82) is 0 Å². The first kappa shape index (κ1) is 28.0. The minimum Gasteiger partial charge on any atom is -0.473 e. The predicted octanol–water partition coefficient (Wildman–Crippen LogP) is 4.02. The Morgan fingerprint density at radius 3 is 2.77 bits per heavy atom. The van der Waals surface area contributed by atoms with Gasteiger partial charge in [-0.3, -0.25) is 0 Å². The van der Waals surface area contributed by atoms with Crippen molar-refractivity contribution in [1.82, 2.24) is 24.9 Å². The Kier molecular flexibility index (Phi) is 8.17. The van der Waals surface area contributed by atoms with E-state index in [9.17, 15) is 18.4 Å². The van der Waals surface area contributed by atoms with E-state index in [1.807, 2.05) is 0 Å². The van der Waals surface area contributed by atoms with Crippen LogP contribution in [0.2, 0.25) is 0 Å². The van der Waals surface area contributed by atoms with Gasteiger partial charge < -0.3 is 24.4 Å². The molecular weight excluding hydrogens is 514 g/mol.